The number of aryl methyl sites for hydroxylation is 1. The molecule has 1 aliphatic rings. The SMILES string of the molecule is Cc1ccccc1N(CC(=O)NCc1cccc(CN2CCOC(C)C2)c1)S(C)(=O)=O. The average Bonchev–Trinajstić information content (AvgIpc) is 2.71. The zero-order valence-corrected chi connectivity index (χ0v) is 19.2. The Morgan fingerprint density at radius 1 is 1.19 bits per heavy atom. The maximum atomic E-state index is 12.6. The van der Waals surface area contributed by atoms with Gasteiger partial charge in [0.25, 0.3) is 0 Å². The van der Waals surface area contributed by atoms with E-state index < -0.39 is 10.0 Å². The monoisotopic (exact) mass is 445 g/mol. The molecule has 1 fully saturated rings. The molecule has 8 heteroatoms. The normalized spacial score (nSPS) is 17.3. The Balaban J connectivity index is 1.60. The van der Waals surface area contributed by atoms with E-state index in [4.69, 9.17) is 4.74 Å². The van der Waals surface area contributed by atoms with E-state index in [0.29, 0.717) is 12.2 Å². The van der Waals surface area contributed by atoms with Gasteiger partial charge in [-0.1, -0.05) is 42.5 Å². The molecule has 2 aromatic rings. The molecular formula is C23H31N3O4S. The van der Waals surface area contributed by atoms with Gasteiger partial charge in [-0.2, -0.15) is 0 Å². The van der Waals surface area contributed by atoms with Crippen LogP contribution in [0.15, 0.2) is 48.5 Å². The van der Waals surface area contributed by atoms with Gasteiger partial charge in [0, 0.05) is 26.2 Å². The Morgan fingerprint density at radius 3 is 2.65 bits per heavy atom. The summed E-state index contributed by atoms with van der Waals surface area (Å²) in [6.07, 6.45) is 1.35. The summed E-state index contributed by atoms with van der Waals surface area (Å²) in [6, 6.07) is 15.2. The number of hydrogen-bond donors (Lipinski definition) is 1. The fourth-order valence-corrected chi connectivity index (χ4v) is 4.66. The molecular weight excluding hydrogens is 414 g/mol. The molecule has 1 N–H and O–H groups in total. The van der Waals surface area contributed by atoms with Crippen LogP contribution in [0.5, 0.6) is 0 Å². The molecule has 1 atom stereocenters. The average molecular weight is 446 g/mol. The highest BCUT2D eigenvalue weighted by atomic mass is 32.2. The van der Waals surface area contributed by atoms with Crippen LogP contribution in [0.25, 0.3) is 0 Å². The summed E-state index contributed by atoms with van der Waals surface area (Å²) >= 11 is 0. The van der Waals surface area contributed by atoms with Gasteiger partial charge < -0.3 is 10.1 Å². The maximum Gasteiger partial charge on any atom is 0.241 e. The standard InChI is InChI=1S/C23H31N3O4S/c1-18-7-4-5-10-22(18)26(31(3,28)29)17-23(27)24-14-20-8-6-9-21(13-20)16-25-11-12-30-19(2)15-25/h4-10,13,19H,11-12,14-17H2,1-3H3,(H,24,27). The maximum absolute atomic E-state index is 12.6. The molecule has 0 bridgehead atoms. The molecule has 1 heterocycles. The Kier molecular flexibility index (Phi) is 7.69. The lowest BCUT2D eigenvalue weighted by molar-refractivity contribution is -0.119. The molecule has 1 amide bonds. The van der Waals surface area contributed by atoms with Crippen molar-refractivity contribution in [1.29, 1.82) is 0 Å². The van der Waals surface area contributed by atoms with Crippen LogP contribution in [-0.2, 0) is 32.6 Å². The number of rotatable bonds is 8. The molecule has 1 unspecified atom stereocenters. The van der Waals surface area contributed by atoms with Crippen LogP contribution >= 0.6 is 0 Å². The molecule has 0 aliphatic carbocycles. The Labute approximate surface area is 185 Å². The van der Waals surface area contributed by atoms with Crippen LogP contribution in [0, 0.1) is 6.92 Å². The predicted molar refractivity (Wildman–Crippen MR) is 122 cm³/mol. The van der Waals surface area contributed by atoms with E-state index in [9.17, 15) is 13.2 Å². The van der Waals surface area contributed by atoms with Crippen LogP contribution < -0.4 is 9.62 Å². The van der Waals surface area contributed by atoms with Crippen molar-refractivity contribution in [1.82, 2.24) is 10.2 Å². The third-order valence-corrected chi connectivity index (χ3v) is 6.41. The van der Waals surface area contributed by atoms with Gasteiger partial charge in [0.1, 0.15) is 6.54 Å². The second kappa shape index (κ2) is 10.3. The summed E-state index contributed by atoms with van der Waals surface area (Å²) in [4.78, 5) is 14.9. The molecule has 168 valence electrons. The van der Waals surface area contributed by atoms with Crippen molar-refractivity contribution in [2.24, 2.45) is 0 Å². The topological polar surface area (TPSA) is 79.0 Å². The fraction of sp³-hybridized carbons (Fsp3) is 0.435. The zero-order chi connectivity index (χ0) is 22.4. The molecule has 0 aromatic heterocycles. The summed E-state index contributed by atoms with van der Waals surface area (Å²) in [5.41, 5.74) is 3.47. The smallest absolute Gasteiger partial charge is 0.241 e. The fourth-order valence-electron chi connectivity index (χ4n) is 3.74. The van der Waals surface area contributed by atoms with Gasteiger partial charge in [0.2, 0.25) is 15.9 Å². The zero-order valence-electron chi connectivity index (χ0n) is 18.4. The largest absolute Gasteiger partial charge is 0.376 e. The number of anilines is 1. The molecule has 0 radical (unpaired) electrons. The van der Waals surface area contributed by atoms with Crippen LogP contribution in [0.3, 0.4) is 0 Å². The van der Waals surface area contributed by atoms with E-state index in [0.717, 1.165) is 47.9 Å². The quantitative estimate of drug-likeness (QED) is 0.675. The van der Waals surface area contributed by atoms with Crippen LogP contribution in [-0.4, -0.2) is 57.8 Å². The lowest BCUT2D eigenvalue weighted by atomic mass is 10.1. The summed E-state index contributed by atoms with van der Waals surface area (Å²) < 4.78 is 31.3. The lowest BCUT2D eigenvalue weighted by Gasteiger charge is -2.31. The van der Waals surface area contributed by atoms with E-state index in [1.165, 1.54) is 5.56 Å². The number of hydrogen-bond acceptors (Lipinski definition) is 5. The Hall–Kier alpha value is -2.42. The number of morpholine rings is 1. The van der Waals surface area contributed by atoms with Crippen molar-refractivity contribution in [2.75, 3.05) is 36.8 Å². The number of ether oxygens (including phenoxy) is 1. The minimum atomic E-state index is -3.59. The van der Waals surface area contributed by atoms with Crippen LogP contribution in [0.1, 0.15) is 23.6 Å². The number of carbonyl (C=O) groups is 1. The summed E-state index contributed by atoms with van der Waals surface area (Å²) in [6.45, 7) is 7.39. The minimum absolute atomic E-state index is 0.238. The van der Waals surface area contributed by atoms with E-state index in [2.05, 4.69) is 29.3 Å². The van der Waals surface area contributed by atoms with E-state index in [1.54, 1.807) is 12.1 Å². The highest BCUT2D eigenvalue weighted by Crippen LogP contribution is 2.21. The first-order valence-electron chi connectivity index (χ1n) is 10.4. The molecule has 7 nitrogen and oxygen atoms in total. The first-order chi connectivity index (χ1) is 14.7. The van der Waals surface area contributed by atoms with Crippen LogP contribution in [0.4, 0.5) is 5.69 Å². The summed E-state index contributed by atoms with van der Waals surface area (Å²) in [5.74, 6) is -0.346. The highest BCUT2D eigenvalue weighted by Gasteiger charge is 2.22. The van der Waals surface area contributed by atoms with Gasteiger partial charge in [0.05, 0.1) is 24.7 Å². The van der Waals surface area contributed by atoms with Gasteiger partial charge in [-0.25, -0.2) is 8.42 Å². The molecule has 31 heavy (non-hydrogen) atoms. The first kappa shape index (κ1) is 23.2. The molecule has 2 aromatic carbocycles. The van der Waals surface area contributed by atoms with E-state index in [-0.39, 0.29) is 18.6 Å². The van der Waals surface area contributed by atoms with Gasteiger partial charge in [-0.3, -0.25) is 14.0 Å². The molecule has 0 saturated carbocycles. The van der Waals surface area contributed by atoms with Gasteiger partial charge >= 0.3 is 0 Å². The number of benzene rings is 2. The number of nitrogens with zero attached hydrogens (tertiary/aromatic N) is 2. The summed E-state index contributed by atoms with van der Waals surface area (Å²) in [5, 5.41) is 2.85. The van der Waals surface area contributed by atoms with Crippen molar-refractivity contribution in [3.63, 3.8) is 0 Å². The minimum Gasteiger partial charge on any atom is -0.376 e. The third-order valence-electron chi connectivity index (χ3n) is 5.28. The molecule has 1 saturated heterocycles. The van der Waals surface area contributed by atoms with E-state index in [1.807, 2.05) is 31.2 Å². The van der Waals surface area contributed by atoms with Crippen molar-refractivity contribution in [2.45, 2.75) is 33.0 Å². The Morgan fingerprint density at radius 2 is 1.94 bits per heavy atom. The number of para-hydroxylation sites is 1. The number of amides is 1. The summed E-state index contributed by atoms with van der Waals surface area (Å²) in [7, 11) is -3.59. The van der Waals surface area contributed by atoms with Crippen molar-refractivity contribution < 1.29 is 17.9 Å². The van der Waals surface area contributed by atoms with E-state index >= 15 is 0 Å². The van der Waals surface area contributed by atoms with Gasteiger partial charge in [-0.15, -0.1) is 0 Å². The number of sulfonamides is 1. The third kappa shape index (κ3) is 6.78. The van der Waals surface area contributed by atoms with Crippen molar-refractivity contribution in [3.05, 3.63) is 65.2 Å². The molecule has 3 rings (SSSR count). The van der Waals surface area contributed by atoms with Crippen molar-refractivity contribution in [3.8, 4) is 0 Å². The second-order valence-corrected chi connectivity index (χ2v) is 9.98. The van der Waals surface area contributed by atoms with Crippen molar-refractivity contribution >= 4 is 21.6 Å². The highest BCUT2D eigenvalue weighted by molar-refractivity contribution is 7.92. The molecule has 1 aliphatic heterocycles. The van der Waals surface area contributed by atoms with Gasteiger partial charge in [-0.05, 0) is 36.6 Å². The van der Waals surface area contributed by atoms with Gasteiger partial charge in [0.15, 0.2) is 0 Å². The number of carbonyl (C=O) groups excluding carboxylic acids is 1. The lowest BCUT2D eigenvalue weighted by Crippen LogP contribution is -2.40. The first-order valence-corrected chi connectivity index (χ1v) is 12.3. The molecule has 0 spiro atoms. The Bertz CT molecular complexity index is 1010. The number of nitrogens with one attached hydrogen (secondary N) is 1. The van der Waals surface area contributed by atoms with Crippen LogP contribution in [0.2, 0.25) is 0 Å². The predicted octanol–water partition coefficient (Wildman–Crippen LogP) is 2.30. The second-order valence-electron chi connectivity index (χ2n) is 8.07.